The zero-order valence-electron chi connectivity index (χ0n) is 7.65. The molecule has 0 bridgehead atoms. The predicted molar refractivity (Wildman–Crippen MR) is 50.1 cm³/mol. The third kappa shape index (κ3) is 1.35. The second-order valence-corrected chi connectivity index (χ2v) is 3.15. The zero-order valence-corrected chi connectivity index (χ0v) is 7.65. The minimum absolute atomic E-state index is 0.00291. The monoisotopic (exact) mass is 191 g/mol. The van der Waals surface area contributed by atoms with Crippen LogP contribution in [0.2, 0.25) is 0 Å². The van der Waals surface area contributed by atoms with Crippen molar-refractivity contribution in [1.29, 1.82) is 0 Å². The summed E-state index contributed by atoms with van der Waals surface area (Å²) in [5.74, 6) is 0.0367. The van der Waals surface area contributed by atoms with Gasteiger partial charge < -0.3 is 9.52 Å². The summed E-state index contributed by atoms with van der Waals surface area (Å²) in [4.78, 5) is 14.7. The molecule has 0 fully saturated rings. The van der Waals surface area contributed by atoms with E-state index in [0.717, 1.165) is 0 Å². The summed E-state index contributed by atoms with van der Waals surface area (Å²) in [7, 11) is 0. The van der Waals surface area contributed by atoms with Crippen molar-refractivity contribution >= 4 is 16.9 Å². The summed E-state index contributed by atoms with van der Waals surface area (Å²) in [6.45, 7) is 1.48. The van der Waals surface area contributed by atoms with Crippen molar-refractivity contribution in [2.45, 2.75) is 13.3 Å². The first-order chi connectivity index (χ1) is 6.68. The predicted octanol–water partition coefficient (Wildman–Crippen LogP) is 1.66. The lowest BCUT2D eigenvalue weighted by molar-refractivity contribution is -0.116. The van der Waals surface area contributed by atoms with E-state index in [1.54, 1.807) is 12.1 Å². The number of oxazole rings is 1. The third-order valence-corrected chi connectivity index (χ3v) is 2.00. The number of phenolic OH excluding ortho intramolecular Hbond substituents is 1. The molecule has 0 saturated carbocycles. The fourth-order valence-electron chi connectivity index (χ4n) is 1.37. The van der Waals surface area contributed by atoms with E-state index < -0.39 is 0 Å². The Kier molecular flexibility index (Phi) is 1.96. The van der Waals surface area contributed by atoms with Crippen LogP contribution in [0.1, 0.15) is 12.5 Å². The quantitative estimate of drug-likeness (QED) is 0.784. The lowest BCUT2D eigenvalue weighted by Gasteiger charge is -2.01. The van der Waals surface area contributed by atoms with Gasteiger partial charge in [-0.25, -0.2) is 4.98 Å². The number of Topliss-reactive ketones (excluding diaryl/α,β-unsaturated/α-hetero) is 1. The summed E-state index contributed by atoms with van der Waals surface area (Å²) in [5, 5.41) is 9.71. The van der Waals surface area contributed by atoms with Gasteiger partial charge in [0.25, 0.3) is 0 Å². The molecule has 72 valence electrons. The topological polar surface area (TPSA) is 63.3 Å². The van der Waals surface area contributed by atoms with E-state index in [0.29, 0.717) is 16.7 Å². The van der Waals surface area contributed by atoms with Gasteiger partial charge in [-0.1, -0.05) is 6.07 Å². The fourth-order valence-corrected chi connectivity index (χ4v) is 1.37. The van der Waals surface area contributed by atoms with Crippen molar-refractivity contribution in [1.82, 2.24) is 4.98 Å². The standard InChI is InChI=1S/C10H9NO3/c1-6(12)4-7-2-3-8-9(10(7)13)11-5-14-8/h2-3,5,13H,4H2,1H3. The Morgan fingerprint density at radius 1 is 1.57 bits per heavy atom. The molecule has 0 aliphatic carbocycles. The fraction of sp³-hybridized carbons (Fsp3) is 0.200. The molecule has 1 aromatic heterocycles. The van der Waals surface area contributed by atoms with Crippen LogP contribution in [0.3, 0.4) is 0 Å². The summed E-state index contributed by atoms with van der Waals surface area (Å²) < 4.78 is 5.00. The summed E-state index contributed by atoms with van der Waals surface area (Å²) in [6, 6.07) is 3.37. The molecule has 4 heteroatoms. The van der Waals surface area contributed by atoms with Crippen molar-refractivity contribution < 1.29 is 14.3 Å². The van der Waals surface area contributed by atoms with E-state index in [2.05, 4.69) is 4.98 Å². The summed E-state index contributed by atoms with van der Waals surface area (Å²) in [5.41, 5.74) is 1.51. The molecule has 2 rings (SSSR count). The Balaban J connectivity index is 2.56. The van der Waals surface area contributed by atoms with Gasteiger partial charge in [0.1, 0.15) is 11.5 Å². The van der Waals surface area contributed by atoms with Gasteiger partial charge in [-0.05, 0) is 13.0 Å². The van der Waals surface area contributed by atoms with Gasteiger partial charge in [0.2, 0.25) is 0 Å². The summed E-state index contributed by atoms with van der Waals surface area (Å²) in [6.07, 6.45) is 1.48. The average Bonchev–Trinajstić information content (AvgIpc) is 2.57. The number of phenols is 1. The van der Waals surface area contributed by atoms with Gasteiger partial charge in [0.15, 0.2) is 17.5 Å². The minimum Gasteiger partial charge on any atom is -0.505 e. The number of hydrogen-bond acceptors (Lipinski definition) is 4. The van der Waals surface area contributed by atoms with Crippen LogP contribution in [0.25, 0.3) is 11.1 Å². The van der Waals surface area contributed by atoms with Crippen LogP contribution in [0.5, 0.6) is 5.75 Å². The lowest BCUT2D eigenvalue weighted by atomic mass is 10.1. The molecule has 1 heterocycles. The average molecular weight is 191 g/mol. The molecule has 14 heavy (non-hydrogen) atoms. The van der Waals surface area contributed by atoms with Crippen LogP contribution in [-0.2, 0) is 11.2 Å². The number of carbonyl (C=O) groups is 1. The van der Waals surface area contributed by atoms with Crippen LogP contribution in [-0.4, -0.2) is 15.9 Å². The van der Waals surface area contributed by atoms with Crippen molar-refractivity contribution in [2.24, 2.45) is 0 Å². The number of fused-ring (bicyclic) bond motifs is 1. The highest BCUT2D eigenvalue weighted by Crippen LogP contribution is 2.27. The Labute approximate surface area is 80.2 Å². The van der Waals surface area contributed by atoms with Gasteiger partial charge in [0, 0.05) is 12.0 Å². The number of ketones is 1. The molecule has 0 aliphatic heterocycles. The van der Waals surface area contributed by atoms with Crippen molar-refractivity contribution in [3.63, 3.8) is 0 Å². The van der Waals surface area contributed by atoms with Crippen molar-refractivity contribution in [3.8, 4) is 5.75 Å². The van der Waals surface area contributed by atoms with E-state index in [-0.39, 0.29) is 18.0 Å². The first-order valence-corrected chi connectivity index (χ1v) is 4.22. The molecule has 4 nitrogen and oxygen atoms in total. The van der Waals surface area contributed by atoms with E-state index >= 15 is 0 Å². The molecule has 1 N–H and O–H groups in total. The molecule has 0 unspecified atom stereocenters. The highest BCUT2D eigenvalue weighted by Gasteiger charge is 2.10. The van der Waals surface area contributed by atoms with Gasteiger partial charge in [-0.3, -0.25) is 4.79 Å². The normalized spacial score (nSPS) is 10.6. The van der Waals surface area contributed by atoms with Crippen LogP contribution in [0.4, 0.5) is 0 Å². The Hall–Kier alpha value is -1.84. The van der Waals surface area contributed by atoms with Crippen LogP contribution >= 0.6 is 0 Å². The molecule has 0 saturated heterocycles. The van der Waals surface area contributed by atoms with E-state index in [1.807, 2.05) is 0 Å². The highest BCUT2D eigenvalue weighted by atomic mass is 16.3. The van der Waals surface area contributed by atoms with Crippen LogP contribution in [0, 0.1) is 0 Å². The maximum absolute atomic E-state index is 10.9. The van der Waals surface area contributed by atoms with E-state index in [1.165, 1.54) is 13.3 Å². The molecule has 0 amide bonds. The lowest BCUT2D eigenvalue weighted by Crippen LogP contribution is -1.96. The molecule has 1 aromatic carbocycles. The van der Waals surface area contributed by atoms with E-state index in [9.17, 15) is 9.90 Å². The second kappa shape index (κ2) is 3.14. The Morgan fingerprint density at radius 2 is 2.36 bits per heavy atom. The Morgan fingerprint density at radius 3 is 3.07 bits per heavy atom. The molecule has 0 aliphatic rings. The molecule has 2 aromatic rings. The molecular weight excluding hydrogens is 182 g/mol. The Bertz CT molecular complexity index is 487. The largest absolute Gasteiger partial charge is 0.505 e. The first kappa shape index (κ1) is 8.74. The molecule has 0 atom stereocenters. The van der Waals surface area contributed by atoms with Crippen LogP contribution < -0.4 is 0 Å². The minimum atomic E-state index is 0.00291. The van der Waals surface area contributed by atoms with Gasteiger partial charge in [-0.2, -0.15) is 0 Å². The maximum Gasteiger partial charge on any atom is 0.182 e. The number of carbonyl (C=O) groups excluding carboxylic acids is 1. The van der Waals surface area contributed by atoms with E-state index in [4.69, 9.17) is 4.42 Å². The van der Waals surface area contributed by atoms with Gasteiger partial charge >= 0.3 is 0 Å². The number of rotatable bonds is 2. The number of benzene rings is 1. The third-order valence-electron chi connectivity index (χ3n) is 2.00. The SMILES string of the molecule is CC(=O)Cc1ccc2ocnc2c1O. The molecular formula is C10H9NO3. The zero-order chi connectivity index (χ0) is 10.1. The van der Waals surface area contributed by atoms with Crippen molar-refractivity contribution in [3.05, 3.63) is 24.1 Å². The van der Waals surface area contributed by atoms with Gasteiger partial charge in [-0.15, -0.1) is 0 Å². The number of hydrogen-bond donors (Lipinski definition) is 1. The molecule has 0 radical (unpaired) electrons. The first-order valence-electron chi connectivity index (χ1n) is 4.22. The highest BCUT2D eigenvalue weighted by molar-refractivity contribution is 5.85. The number of aromatic nitrogens is 1. The van der Waals surface area contributed by atoms with Gasteiger partial charge in [0.05, 0.1) is 0 Å². The number of nitrogens with zero attached hydrogens (tertiary/aromatic N) is 1. The maximum atomic E-state index is 10.9. The smallest absolute Gasteiger partial charge is 0.182 e. The number of aromatic hydroxyl groups is 1. The van der Waals surface area contributed by atoms with Crippen LogP contribution in [0.15, 0.2) is 22.9 Å². The summed E-state index contributed by atoms with van der Waals surface area (Å²) >= 11 is 0. The van der Waals surface area contributed by atoms with Crippen molar-refractivity contribution in [2.75, 3.05) is 0 Å². The molecule has 0 spiro atoms. The second-order valence-electron chi connectivity index (χ2n) is 3.15.